The number of amides is 2. The van der Waals surface area contributed by atoms with E-state index in [1.807, 2.05) is 30.3 Å². The number of hydrogen-bond donors (Lipinski definition) is 1. The smallest absolute Gasteiger partial charge is 0.264 e. The highest BCUT2D eigenvalue weighted by molar-refractivity contribution is 7.92. The van der Waals surface area contributed by atoms with Gasteiger partial charge >= 0.3 is 0 Å². The van der Waals surface area contributed by atoms with Gasteiger partial charge < -0.3 is 10.2 Å². The third kappa shape index (κ3) is 7.47. The zero-order valence-corrected chi connectivity index (χ0v) is 24.6. The molecule has 4 aromatic rings. The molecule has 2 amide bonds. The Morgan fingerprint density at radius 1 is 0.805 bits per heavy atom. The predicted octanol–water partition coefficient (Wildman–Crippen LogP) is 5.57. The number of nitrogens with zero attached hydrogens (tertiary/aromatic N) is 2. The van der Waals surface area contributed by atoms with E-state index < -0.39 is 28.5 Å². The van der Waals surface area contributed by atoms with Gasteiger partial charge in [0.15, 0.2) is 0 Å². The number of hydrogen-bond acceptors (Lipinski definition) is 4. The van der Waals surface area contributed by atoms with Gasteiger partial charge in [0.25, 0.3) is 10.0 Å². The molecule has 0 aliphatic rings. The van der Waals surface area contributed by atoms with Gasteiger partial charge in [-0.05, 0) is 47.5 Å². The first-order valence-electron chi connectivity index (χ1n) is 12.8. The number of sulfonamides is 1. The molecule has 1 N–H and O–H groups in total. The molecule has 0 bridgehead atoms. The Balaban J connectivity index is 1.79. The molecule has 0 aliphatic carbocycles. The van der Waals surface area contributed by atoms with Gasteiger partial charge in [-0.3, -0.25) is 13.9 Å². The molecule has 0 aromatic heterocycles. The van der Waals surface area contributed by atoms with E-state index >= 15 is 0 Å². The van der Waals surface area contributed by atoms with Crippen LogP contribution in [-0.4, -0.2) is 44.8 Å². The number of rotatable bonds is 11. The molecule has 0 heterocycles. The van der Waals surface area contributed by atoms with Crippen molar-refractivity contribution in [3.63, 3.8) is 0 Å². The van der Waals surface area contributed by atoms with Gasteiger partial charge in [-0.25, -0.2) is 8.42 Å². The molecular weight excluding hydrogens is 581 g/mol. The number of para-hydroxylation sites is 1. The maximum absolute atomic E-state index is 14.2. The lowest BCUT2D eigenvalue weighted by molar-refractivity contribution is -0.139. The topological polar surface area (TPSA) is 86.8 Å². The van der Waals surface area contributed by atoms with E-state index in [0.29, 0.717) is 10.6 Å². The van der Waals surface area contributed by atoms with Crippen molar-refractivity contribution in [3.05, 3.63) is 130 Å². The highest BCUT2D eigenvalue weighted by atomic mass is 35.5. The Morgan fingerprint density at radius 3 is 2.05 bits per heavy atom. The first kappa shape index (κ1) is 30.1. The fraction of sp³-hybridized carbons (Fsp3) is 0.161. The standard InChI is InChI=1S/C31H29Cl2N3O4S/c1-34-31(38)29(20-23-11-4-2-5-12-23)35(21-24-13-10-14-25(32)19-24)30(37)22-36(28-18-9-8-17-27(28)33)41(39,40)26-15-6-3-7-16-26/h2-19,29H,20-22H2,1H3,(H,34,38). The number of halogens is 2. The van der Waals surface area contributed by atoms with Crippen molar-refractivity contribution < 1.29 is 18.0 Å². The normalized spacial score (nSPS) is 11.9. The summed E-state index contributed by atoms with van der Waals surface area (Å²) in [4.78, 5) is 28.9. The van der Waals surface area contributed by atoms with Crippen molar-refractivity contribution in [3.8, 4) is 0 Å². The molecule has 4 rings (SSSR count). The second-order valence-corrected chi connectivity index (χ2v) is 12.0. The molecule has 0 fully saturated rings. The van der Waals surface area contributed by atoms with Gasteiger partial charge in [0.05, 0.1) is 15.6 Å². The molecule has 0 aliphatic heterocycles. The molecule has 212 valence electrons. The second-order valence-electron chi connectivity index (χ2n) is 9.25. The molecule has 0 spiro atoms. The Bertz CT molecular complexity index is 1600. The van der Waals surface area contributed by atoms with Crippen molar-refractivity contribution in [2.75, 3.05) is 17.9 Å². The van der Waals surface area contributed by atoms with Crippen LogP contribution in [0.1, 0.15) is 11.1 Å². The van der Waals surface area contributed by atoms with Gasteiger partial charge in [-0.2, -0.15) is 0 Å². The molecule has 4 aromatic carbocycles. The lowest BCUT2D eigenvalue weighted by Gasteiger charge is -2.33. The van der Waals surface area contributed by atoms with E-state index in [4.69, 9.17) is 23.2 Å². The molecule has 7 nitrogen and oxygen atoms in total. The molecule has 1 unspecified atom stereocenters. The number of benzene rings is 4. The van der Waals surface area contributed by atoms with E-state index in [2.05, 4.69) is 5.32 Å². The van der Waals surface area contributed by atoms with Crippen molar-refractivity contribution in [2.24, 2.45) is 0 Å². The van der Waals surface area contributed by atoms with Crippen LogP contribution < -0.4 is 9.62 Å². The van der Waals surface area contributed by atoms with Crippen molar-refractivity contribution >= 4 is 50.7 Å². The number of carbonyl (C=O) groups excluding carboxylic acids is 2. The summed E-state index contributed by atoms with van der Waals surface area (Å²) in [6.07, 6.45) is 0.213. The first-order valence-corrected chi connectivity index (χ1v) is 15.0. The van der Waals surface area contributed by atoms with Crippen LogP contribution in [0.25, 0.3) is 0 Å². The Labute approximate surface area is 250 Å². The molecule has 0 saturated heterocycles. The molecule has 10 heteroatoms. The maximum atomic E-state index is 14.2. The van der Waals surface area contributed by atoms with E-state index in [1.165, 1.54) is 30.1 Å². The third-order valence-corrected chi connectivity index (χ3v) is 8.82. The minimum atomic E-state index is -4.22. The van der Waals surface area contributed by atoms with Crippen LogP contribution in [0.15, 0.2) is 114 Å². The fourth-order valence-corrected chi connectivity index (χ4v) is 6.39. The predicted molar refractivity (Wildman–Crippen MR) is 162 cm³/mol. The third-order valence-electron chi connectivity index (χ3n) is 6.49. The summed E-state index contributed by atoms with van der Waals surface area (Å²) < 4.78 is 28.8. The van der Waals surface area contributed by atoms with Crippen LogP contribution in [0, 0.1) is 0 Å². The van der Waals surface area contributed by atoms with E-state index in [-0.39, 0.29) is 34.5 Å². The number of carbonyl (C=O) groups is 2. The highest BCUT2D eigenvalue weighted by Crippen LogP contribution is 2.31. The maximum Gasteiger partial charge on any atom is 0.264 e. The Morgan fingerprint density at radius 2 is 1.41 bits per heavy atom. The van der Waals surface area contributed by atoms with Gasteiger partial charge in [0.1, 0.15) is 12.6 Å². The molecular formula is C31H29Cl2N3O4S. The van der Waals surface area contributed by atoms with Crippen molar-refractivity contribution in [1.82, 2.24) is 10.2 Å². The van der Waals surface area contributed by atoms with Crippen molar-refractivity contribution in [1.29, 1.82) is 0 Å². The van der Waals surface area contributed by atoms with Gasteiger partial charge in [0.2, 0.25) is 11.8 Å². The molecule has 0 radical (unpaired) electrons. The molecule has 1 atom stereocenters. The molecule has 0 saturated carbocycles. The van der Waals surface area contributed by atoms with E-state index in [0.717, 1.165) is 9.87 Å². The van der Waals surface area contributed by atoms with Crippen molar-refractivity contribution in [2.45, 2.75) is 23.9 Å². The van der Waals surface area contributed by atoms with Gasteiger partial charge in [-0.1, -0.05) is 96.0 Å². The lowest BCUT2D eigenvalue weighted by atomic mass is 10.0. The fourth-order valence-electron chi connectivity index (χ4n) is 4.44. The largest absolute Gasteiger partial charge is 0.357 e. The first-order chi connectivity index (χ1) is 19.7. The van der Waals surface area contributed by atoms with Crippen LogP contribution in [-0.2, 0) is 32.6 Å². The van der Waals surface area contributed by atoms with Crippen LogP contribution in [0.3, 0.4) is 0 Å². The minimum absolute atomic E-state index is 0.00116. The average molecular weight is 611 g/mol. The highest BCUT2D eigenvalue weighted by Gasteiger charge is 2.34. The summed E-state index contributed by atoms with van der Waals surface area (Å²) in [5, 5.41) is 3.29. The van der Waals surface area contributed by atoms with Crippen LogP contribution in [0.4, 0.5) is 5.69 Å². The van der Waals surface area contributed by atoms with E-state index in [1.54, 1.807) is 60.7 Å². The summed E-state index contributed by atoms with van der Waals surface area (Å²) in [5.74, 6) is -0.978. The second kappa shape index (κ2) is 13.7. The Kier molecular flexibility index (Phi) is 10.0. The van der Waals surface area contributed by atoms with Crippen LogP contribution in [0.5, 0.6) is 0 Å². The Hall–Kier alpha value is -3.85. The van der Waals surface area contributed by atoms with Crippen LogP contribution in [0.2, 0.25) is 10.0 Å². The average Bonchev–Trinajstić information content (AvgIpc) is 2.98. The zero-order chi connectivity index (χ0) is 29.4. The summed E-state index contributed by atoms with van der Waals surface area (Å²) in [6.45, 7) is -0.574. The minimum Gasteiger partial charge on any atom is -0.357 e. The van der Waals surface area contributed by atoms with E-state index in [9.17, 15) is 18.0 Å². The number of nitrogens with one attached hydrogen (secondary N) is 1. The SMILES string of the molecule is CNC(=O)C(Cc1ccccc1)N(Cc1cccc(Cl)c1)C(=O)CN(c1ccccc1Cl)S(=O)(=O)c1ccccc1. The lowest BCUT2D eigenvalue weighted by Crippen LogP contribution is -2.53. The van der Waals surface area contributed by atoms with Gasteiger partial charge in [-0.15, -0.1) is 0 Å². The summed E-state index contributed by atoms with van der Waals surface area (Å²) in [5.41, 5.74) is 1.67. The summed E-state index contributed by atoms with van der Waals surface area (Å²) >= 11 is 12.7. The zero-order valence-electron chi connectivity index (χ0n) is 22.3. The quantitative estimate of drug-likeness (QED) is 0.241. The van der Waals surface area contributed by atoms with Crippen LogP contribution >= 0.6 is 23.2 Å². The number of likely N-dealkylation sites (N-methyl/N-ethyl adjacent to an activating group) is 1. The summed E-state index contributed by atoms with van der Waals surface area (Å²) in [7, 11) is -2.72. The number of anilines is 1. The summed E-state index contributed by atoms with van der Waals surface area (Å²) in [6, 6.07) is 29.6. The molecule has 41 heavy (non-hydrogen) atoms. The van der Waals surface area contributed by atoms with Gasteiger partial charge in [0, 0.05) is 25.0 Å². The monoisotopic (exact) mass is 609 g/mol.